The third kappa shape index (κ3) is 2.59. The number of hydrogen-bond donors (Lipinski definition) is 1. The highest BCUT2D eigenvalue weighted by atomic mass is 14.5. The van der Waals surface area contributed by atoms with Gasteiger partial charge in [-0.15, -0.1) is 0 Å². The highest BCUT2D eigenvalue weighted by Gasteiger charge is 2.03. The Hall–Kier alpha value is -2.12. The summed E-state index contributed by atoms with van der Waals surface area (Å²) in [4.78, 5) is 0. The fraction of sp³-hybridized carbons (Fsp3) is 0.158. The molecule has 0 bridgehead atoms. The second-order valence-corrected chi connectivity index (χ2v) is 5.12. The number of fused-ring (bicyclic) bond motifs is 1. The van der Waals surface area contributed by atoms with E-state index >= 15 is 0 Å². The van der Waals surface area contributed by atoms with Gasteiger partial charge in [0.05, 0.1) is 0 Å². The van der Waals surface area contributed by atoms with E-state index in [9.17, 15) is 0 Å². The minimum absolute atomic E-state index is 0.755. The van der Waals surface area contributed by atoms with Crippen LogP contribution in [0.1, 0.15) is 12.0 Å². The monoisotopic (exact) mass is 261 g/mol. The Bertz CT molecular complexity index is 693. The van der Waals surface area contributed by atoms with Crippen molar-refractivity contribution in [2.75, 3.05) is 6.54 Å². The van der Waals surface area contributed by atoms with Gasteiger partial charge in [0.1, 0.15) is 0 Å². The Kier molecular flexibility index (Phi) is 3.80. The first-order chi connectivity index (χ1) is 9.88. The predicted molar refractivity (Wildman–Crippen MR) is 86.8 cm³/mol. The van der Waals surface area contributed by atoms with Crippen LogP contribution in [-0.4, -0.2) is 6.54 Å². The molecule has 0 aliphatic carbocycles. The Morgan fingerprint density at radius 2 is 1.50 bits per heavy atom. The molecule has 2 N–H and O–H groups in total. The third-order valence-electron chi connectivity index (χ3n) is 3.72. The lowest BCUT2D eigenvalue weighted by atomic mass is 9.97. The van der Waals surface area contributed by atoms with Crippen LogP contribution in [0.4, 0.5) is 0 Å². The molecule has 1 heteroatoms. The van der Waals surface area contributed by atoms with Crippen LogP contribution in [-0.2, 0) is 6.42 Å². The van der Waals surface area contributed by atoms with E-state index in [1.807, 2.05) is 0 Å². The molecule has 0 saturated heterocycles. The Morgan fingerprint density at radius 1 is 0.750 bits per heavy atom. The molecule has 3 rings (SSSR count). The summed E-state index contributed by atoms with van der Waals surface area (Å²) in [7, 11) is 0. The molecule has 0 heterocycles. The number of hydrogen-bond acceptors (Lipinski definition) is 1. The summed E-state index contributed by atoms with van der Waals surface area (Å²) < 4.78 is 0. The van der Waals surface area contributed by atoms with Crippen LogP contribution in [0.2, 0.25) is 0 Å². The lowest BCUT2D eigenvalue weighted by Crippen LogP contribution is -2.00. The van der Waals surface area contributed by atoms with Gasteiger partial charge in [-0.25, -0.2) is 0 Å². The Labute approximate surface area is 120 Å². The molecule has 0 aliphatic heterocycles. The molecule has 3 aromatic carbocycles. The van der Waals surface area contributed by atoms with Crippen molar-refractivity contribution in [3.63, 3.8) is 0 Å². The minimum atomic E-state index is 0.755. The summed E-state index contributed by atoms with van der Waals surface area (Å²) >= 11 is 0. The van der Waals surface area contributed by atoms with E-state index in [1.165, 1.54) is 27.5 Å². The quantitative estimate of drug-likeness (QED) is 0.740. The van der Waals surface area contributed by atoms with Gasteiger partial charge in [0, 0.05) is 0 Å². The third-order valence-corrected chi connectivity index (χ3v) is 3.72. The minimum Gasteiger partial charge on any atom is -0.330 e. The van der Waals surface area contributed by atoms with Gasteiger partial charge < -0.3 is 5.73 Å². The highest BCUT2D eigenvalue weighted by molar-refractivity contribution is 5.96. The molecular formula is C19H19N. The largest absolute Gasteiger partial charge is 0.330 e. The van der Waals surface area contributed by atoms with Gasteiger partial charge in [0.15, 0.2) is 0 Å². The average molecular weight is 261 g/mol. The molecule has 0 radical (unpaired) electrons. The standard InChI is InChI=1S/C19H19N/c20-14-4-5-15-10-12-17(13-11-15)19-9-3-7-16-6-1-2-8-18(16)19/h1-3,6-13H,4-5,14,20H2. The molecule has 0 aromatic heterocycles. The van der Waals surface area contributed by atoms with Crippen LogP contribution in [0.15, 0.2) is 66.7 Å². The number of nitrogens with two attached hydrogens (primary N) is 1. The molecule has 3 aromatic rings. The zero-order valence-corrected chi connectivity index (χ0v) is 11.5. The fourth-order valence-corrected chi connectivity index (χ4v) is 2.63. The van der Waals surface area contributed by atoms with E-state index in [2.05, 4.69) is 66.7 Å². The first kappa shape index (κ1) is 12.9. The van der Waals surface area contributed by atoms with Crippen LogP contribution < -0.4 is 5.73 Å². The maximum absolute atomic E-state index is 5.56. The van der Waals surface area contributed by atoms with Gasteiger partial charge in [0.2, 0.25) is 0 Å². The smallest absolute Gasteiger partial charge is 0.00741 e. The topological polar surface area (TPSA) is 26.0 Å². The Balaban J connectivity index is 1.98. The number of benzene rings is 3. The van der Waals surface area contributed by atoms with E-state index in [1.54, 1.807) is 0 Å². The summed E-state index contributed by atoms with van der Waals surface area (Å²) in [5.41, 5.74) is 9.50. The van der Waals surface area contributed by atoms with Crippen molar-refractivity contribution >= 4 is 10.8 Å². The lowest BCUT2D eigenvalue weighted by molar-refractivity contribution is 0.833. The maximum atomic E-state index is 5.56. The van der Waals surface area contributed by atoms with Crippen LogP contribution in [0.3, 0.4) is 0 Å². The first-order valence-electron chi connectivity index (χ1n) is 7.15. The van der Waals surface area contributed by atoms with Crippen molar-refractivity contribution in [2.24, 2.45) is 5.73 Å². The molecule has 1 nitrogen and oxygen atoms in total. The van der Waals surface area contributed by atoms with Gasteiger partial charge in [-0.2, -0.15) is 0 Å². The zero-order valence-electron chi connectivity index (χ0n) is 11.5. The van der Waals surface area contributed by atoms with Crippen molar-refractivity contribution in [1.29, 1.82) is 0 Å². The van der Waals surface area contributed by atoms with Crippen LogP contribution in [0, 0.1) is 0 Å². The van der Waals surface area contributed by atoms with Crippen molar-refractivity contribution in [2.45, 2.75) is 12.8 Å². The van der Waals surface area contributed by atoms with E-state index < -0.39 is 0 Å². The molecule has 0 unspecified atom stereocenters. The molecule has 0 aliphatic rings. The van der Waals surface area contributed by atoms with Gasteiger partial charge in [-0.3, -0.25) is 0 Å². The van der Waals surface area contributed by atoms with Gasteiger partial charge in [0.25, 0.3) is 0 Å². The summed E-state index contributed by atoms with van der Waals surface area (Å²) in [5, 5.41) is 2.60. The van der Waals surface area contributed by atoms with Gasteiger partial charge >= 0.3 is 0 Å². The molecule has 0 saturated carbocycles. The van der Waals surface area contributed by atoms with E-state index in [-0.39, 0.29) is 0 Å². The Morgan fingerprint density at radius 3 is 2.30 bits per heavy atom. The fourth-order valence-electron chi connectivity index (χ4n) is 2.63. The maximum Gasteiger partial charge on any atom is -0.00741 e. The SMILES string of the molecule is NCCCc1ccc(-c2cccc3ccccc23)cc1. The van der Waals surface area contributed by atoms with Crippen molar-refractivity contribution < 1.29 is 0 Å². The number of rotatable bonds is 4. The second kappa shape index (κ2) is 5.89. The van der Waals surface area contributed by atoms with E-state index in [4.69, 9.17) is 5.73 Å². The summed E-state index contributed by atoms with van der Waals surface area (Å²) in [6, 6.07) is 23.9. The van der Waals surface area contributed by atoms with Gasteiger partial charge in [-0.1, -0.05) is 66.7 Å². The average Bonchev–Trinajstić information content (AvgIpc) is 2.53. The van der Waals surface area contributed by atoms with Crippen LogP contribution in [0.25, 0.3) is 21.9 Å². The van der Waals surface area contributed by atoms with Crippen LogP contribution >= 0.6 is 0 Å². The molecule has 0 spiro atoms. The van der Waals surface area contributed by atoms with Crippen molar-refractivity contribution in [3.8, 4) is 11.1 Å². The summed E-state index contributed by atoms with van der Waals surface area (Å²) in [6.45, 7) is 0.755. The predicted octanol–water partition coefficient (Wildman–Crippen LogP) is 4.40. The van der Waals surface area contributed by atoms with Crippen molar-refractivity contribution in [1.82, 2.24) is 0 Å². The molecule has 0 fully saturated rings. The van der Waals surface area contributed by atoms with E-state index in [0.29, 0.717) is 0 Å². The molecule has 0 atom stereocenters. The van der Waals surface area contributed by atoms with Crippen molar-refractivity contribution in [3.05, 3.63) is 72.3 Å². The van der Waals surface area contributed by atoms with E-state index in [0.717, 1.165) is 19.4 Å². The normalized spacial score (nSPS) is 10.8. The van der Waals surface area contributed by atoms with Crippen LogP contribution in [0.5, 0.6) is 0 Å². The number of aryl methyl sites for hydroxylation is 1. The summed E-state index contributed by atoms with van der Waals surface area (Å²) in [5.74, 6) is 0. The first-order valence-corrected chi connectivity index (χ1v) is 7.15. The molecular weight excluding hydrogens is 242 g/mol. The van der Waals surface area contributed by atoms with Gasteiger partial charge in [-0.05, 0) is 46.8 Å². The zero-order chi connectivity index (χ0) is 13.8. The second-order valence-electron chi connectivity index (χ2n) is 5.12. The highest BCUT2D eigenvalue weighted by Crippen LogP contribution is 2.28. The lowest BCUT2D eigenvalue weighted by Gasteiger charge is -2.08. The molecule has 100 valence electrons. The molecule has 0 amide bonds. The summed E-state index contributed by atoms with van der Waals surface area (Å²) in [6.07, 6.45) is 2.11. The molecule has 20 heavy (non-hydrogen) atoms.